The van der Waals surface area contributed by atoms with Gasteiger partial charge in [-0.25, -0.2) is 4.39 Å². The Labute approximate surface area is 169 Å². The summed E-state index contributed by atoms with van der Waals surface area (Å²) in [6.45, 7) is -0.107. The number of thiazole rings is 1. The maximum absolute atomic E-state index is 13.6. The summed E-state index contributed by atoms with van der Waals surface area (Å²) in [6.07, 6.45) is 0.131. The number of halogens is 1. The van der Waals surface area contributed by atoms with Crippen molar-refractivity contribution in [2.24, 2.45) is 4.99 Å². The molecule has 29 heavy (non-hydrogen) atoms. The van der Waals surface area contributed by atoms with Gasteiger partial charge in [0.25, 0.3) is 5.91 Å². The first-order valence-corrected chi connectivity index (χ1v) is 9.76. The maximum atomic E-state index is 13.6. The van der Waals surface area contributed by atoms with Crippen molar-refractivity contribution in [3.8, 4) is 0 Å². The van der Waals surface area contributed by atoms with E-state index in [0.717, 1.165) is 27.7 Å². The molecule has 7 heteroatoms. The molecule has 0 fully saturated rings. The number of rotatable bonds is 4. The third-order valence-electron chi connectivity index (χ3n) is 4.55. The molecule has 5 nitrogen and oxygen atoms in total. The number of ether oxygens (including phenoxy) is 1. The van der Waals surface area contributed by atoms with Crippen molar-refractivity contribution in [1.82, 2.24) is 4.57 Å². The zero-order valence-electron chi connectivity index (χ0n) is 15.6. The van der Waals surface area contributed by atoms with E-state index in [1.807, 2.05) is 42.5 Å². The molecule has 1 aromatic heterocycles. The highest BCUT2D eigenvalue weighted by Gasteiger charge is 2.13. The predicted octanol–water partition coefficient (Wildman–Crippen LogP) is 3.84. The maximum Gasteiger partial charge on any atom is 0.325 e. The molecule has 0 radical (unpaired) electrons. The number of aromatic nitrogens is 1. The number of fused-ring (bicyclic) bond motifs is 2. The van der Waals surface area contributed by atoms with Crippen molar-refractivity contribution < 1.29 is 18.7 Å². The predicted molar refractivity (Wildman–Crippen MR) is 110 cm³/mol. The second-order valence-corrected chi connectivity index (χ2v) is 7.53. The molecule has 0 bridgehead atoms. The fourth-order valence-electron chi connectivity index (χ4n) is 3.15. The number of carbonyl (C=O) groups excluding carboxylic acids is 2. The summed E-state index contributed by atoms with van der Waals surface area (Å²) < 4.78 is 20.5. The van der Waals surface area contributed by atoms with Gasteiger partial charge in [0.05, 0.1) is 23.7 Å². The molecule has 1 amide bonds. The van der Waals surface area contributed by atoms with Crippen molar-refractivity contribution in [3.05, 3.63) is 76.8 Å². The van der Waals surface area contributed by atoms with E-state index >= 15 is 0 Å². The second kappa shape index (κ2) is 7.97. The number of methoxy groups -OCH3 is 1. The minimum absolute atomic E-state index is 0.107. The first kappa shape index (κ1) is 19.0. The summed E-state index contributed by atoms with van der Waals surface area (Å²) >= 11 is 1.16. The van der Waals surface area contributed by atoms with Crippen LogP contribution in [0.25, 0.3) is 21.0 Å². The number of benzene rings is 3. The van der Waals surface area contributed by atoms with E-state index in [9.17, 15) is 14.0 Å². The van der Waals surface area contributed by atoms with E-state index in [1.54, 1.807) is 10.6 Å². The molecule has 0 aliphatic rings. The summed E-state index contributed by atoms with van der Waals surface area (Å²) in [5, 5.41) is 2.15. The number of esters is 1. The van der Waals surface area contributed by atoms with Gasteiger partial charge in [-0.05, 0) is 34.5 Å². The zero-order valence-corrected chi connectivity index (χ0v) is 16.4. The Hall–Kier alpha value is -3.32. The molecule has 4 aromatic rings. The van der Waals surface area contributed by atoms with Gasteiger partial charge in [0.15, 0.2) is 4.80 Å². The summed E-state index contributed by atoms with van der Waals surface area (Å²) in [5.74, 6) is -1.21. The monoisotopic (exact) mass is 408 g/mol. The van der Waals surface area contributed by atoms with Crippen LogP contribution in [0.2, 0.25) is 0 Å². The van der Waals surface area contributed by atoms with Crippen LogP contribution in [0.5, 0.6) is 0 Å². The summed E-state index contributed by atoms with van der Waals surface area (Å²) in [4.78, 5) is 28.9. The highest BCUT2D eigenvalue weighted by atomic mass is 32.1. The first-order valence-electron chi connectivity index (χ1n) is 8.94. The van der Waals surface area contributed by atoms with Crippen LogP contribution in [-0.2, 0) is 27.3 Å². The quantitative estimate of drug-likeness (QED) is 0.482. The molecule has 0 atom stereocenters. The standard InChI is InChI=1S/C22H17FN2O3S/c1-28-21(27)13-25-18-9-8-17(23)12-19(18)29-22(25)24-20(26)11-14-6-7-15-4-2-3-5-16(15)10-14/h2-10,12H,11,13H2,1H3. The molecule has 0 saturated heterocycles. The molecule has 3 aromatic carbocycles. The number of carbonyl (C=O) groups is 2. The van der Waals surface area contributed by atoms with Gasteiger partial charge >= 0.3 is 5.97 Å². The van der Waals surface area contributed by atoms with Crippen molar-refractivity contribution >= 4 is 44.2 Å². The van der Waals surface area contributed by atoms with Crippen molar-refractivity contribution in [2.45, 2.75) is 13.0 Å². The zero-order chi connectivity index (χ0) is 20.4. The lowest BCUT2D eigenvalue weighted by Gasteiger charge is -2.04. The van der Waals surface area contributed by atoms with Crippen LogP contribution in [0.3, 0.4) is 0 Å². The Balaban J connectivity index is 1.70. The van der Waals surface area contributed by atoms with Gasteiger partial charge < -0.3 is 9.30 Å². The Bertz CT molecular complexity index is 1310. The van der Waals surface area contributed by atoms with Crippen molar-refractivity contribution in [1.29, 1.82) is 0 Å². The second-order valence-electron chi connectivity index (χ2n) is 6.52. The highest BCUT2D eigenvalue weighted by molar-refractivity contribution is 7.16. The van der Waals surface area contributed by atoms with Crippen LogP contribution >= 0.6 is 11.3 Å². The van der Waals surface area contributed by atoms with E-state index in [2.05, 4.69) is 4.99 Å². The van der Waals surface area contributed by atoms with Gasteiger partial charge in [0, 0.05) is 0 Å². The molecule has 0 aliphatic heterocycles. The van der Waals surface area contributed by atoms with Gasteiger partial charge in [0.1, 0.15) is 12.4 Å². The lowest BCUT2D eigenvalue weighted by molar-refractivity contribution is -0.141. The van der Waals surface area contributed by atoms with Gasteiger partial charge in [-0.2, -0.15) is 4.99 Å². The third-order valence-corrected chi connectivity index (χ3v) is 5.59. The highest BCUT2D eigenvalue weighted by Crippen LogP contribution is 2.19. The molecule has 146 valence electrons. The summed E-state index contributed by atoms with van der Waals surface area (Å²) in [7, 11) is 1.29. The van der Waals surface area contributed by atoms with Crippen LogP contribution in [0.1, 0.15) is 5.56 Å². The molecule has 0 aliphatic carbocycles. The molecular formula is C22H17FN2O3S. The number of hydrogen-bond donors (Lipinski definition) is 0. The minimum Gasteiger partial charge on any atom is -0.468 e. The molecule has 0 spiro atoms. The van der Waals surface area contributed by atoms with Gasteiger partial charge in [-0.3, -0.25) is 9.59 Å². The average Bonchev–Trinajstić information content (AvgIpc) is 3.03. The van der Waals surface area contributed by atoms with E-state index in [0.29, 0.717) is 15.0 Å². The topological polar surface area (TPSA) is 60.7 Å². The van der Waals surface area contributed by atoms with Gasteiger partial charge in [0.2, 0.25) is 0 Å². The molecule has 0 saturated carbocycles. The van der Waals surface area contributed by atoms with Gasteiger partial charge in [-0.15, -0.1) is 0 Å². The van der Waals surface area contributed by atoms with Crippen LogP contribution in [0.15, 0.2) is 65.7 Å². The Morgan fingerprint density at radius 1 is 1.07 bits per heavy atom. The number of amides is 1. The van der Waals surface area contributed by atoms with Gasteiger partial charge in [-0.1, -0.05) is 53.8 Å². The Morgan fingerprint density at radius 3 is 2.66 bits per heavy atom. The third kappa shape index (κ3) is 4.09. The molecule has 0 N–H and O–H groups in total. The molecule has 4 rings (SSSR count). The van der Waals surface area contributed by atoms with Crippen LogP contribution in [-0.4, -0.2) is 23.6 Å². The lowest BCUT2D eigenvalue weighted by Crippen LogP contribution is -2.22. The largest absolute Gasteiger partial charge is 0.468 e. The number of hydrogen-bond acceptors (Lipinski definition) is 4. The summed E-state index contributed by atoms with van der Waals surface area (Å²) in [6, 6.07) is 18.0. The van der Waals surface area contributed by atoms with Crippen molar-refractivity contribution in [3.63, 3.8) is 0 Å². The van der Waals surface area contributed by atoms with E-state index < -0.39 is 11.8 Å². The number of nitrogens with zero attached hydrogens (tertiary/aromatic N) is 2. The van der Waals surface area contributed by atoms with Crippen LogP contribution < -0.4 is 4.80 Å². The smallest absolute Gasteiger partial charge is 0.325 e. The average molecular weight is 408 g/mol. The fraction of sp³-hybridized carbons (Fsp3) is 0.136. The Kier molecular flexibility index (Phi) is 5.22. The summed E-state index contributed by atoms with van der Waals surface area (Å²) in [5.41, 5.74) is 1.48. The van der Waals surface area contributed by atoms with Crippen LogP contribution in [0, 0.1) is 5.82 Å². The first-order chi connectivity index (χ1) is 14.0. The molecule has 0 unspecified atom stereocenters. The SMILES string of the molecule is COC(=O)Cn1c(=NC(=O)Cc2ccc3ccccc3c2)sc2cc(F)ccc21. The normalized spacial score (nSPS) is 11.9. The van der Waals surface area contributed by atoms with E-state index in [4.69, 9.17) is 4.74 Å². The van der Waals surface area contributed by atoms with Crippen LogP contribution in [0.4, 0.5) is 4.39 Å². The minimum atomic E-state index is -0.475. The lowest BCUT2D eigenvalue weighted by atomic mass is 10.1. The van der Waals surface area contributed by atoms with Crippen molar-refractivity contribution in [2.75, 3.05) is 7.11 Å². The van der Waals surface area contributed by atoms with E-state index in [-0.39, 0.29) is 18.9 Å². The molecule has 1 heterocycles. The Morgan fingerprint density at radius 2 is 1.86 bits per heavy atom. The van der Waals surface area contributed by atoms with E-state index in [1.165, 1.54) is 19.2 Å². The molecular weight excluding hydrogens is 391 g/mol. The fourth-order valence-corrected chi connectivity index (χ4v) is 4.22.